The Morgan fingerprint density at radius 3 is 2.62 bits per heavy atom. The molecule has 0 saturated carbocycles. The SMILES string of the molecule is CC(=O)c1cc(Cc2cncnc2)oc1C. The van der Waals surface area contributed by atoms with Gasteiger partial charge in [-0.25, -0.2) is 9.97 Å². The molecule has 4 heteroatoms. The average molecular weight is 216 g/mol. The third kappa shape index (κ3) is 2.16. The van der Waals surface area contributed by atoms with Gasteiger partial charge in [0.25, 0.3) is 0 Å². The van der Waals surface area contributed by atoms with Crippen molar-refractivity contribution in [3.05, 3.63) is 47.4 Å². The molecular formula is C12H12N2O2. The van der Waals surface area contributed by atoms with Crippen molar-refractivity contribution < 1.29 is 9.21 Å². The average Bonchev–Trinajstić information content (AvgIpc) is 2.61. The van der Waals surface area contributed by atoms with E-state index in [1.807, 2.05) is 0 Å². The number of aryl methyl sites for hydroxylation is 1. The summed E-state index contributed by atoms with van der Waals surface area (Å²) in [5.74, 6) is 1.45. The smallest absolute Gasteiger partial charge is 0.163 e. The zero-order valence-electron chi connectivity index (χ0n) is 9.23. The predicted molar refractivity (Wildman–Crippen MR) is 58.3 cm³/mol. The Morgan fingerprint density at radius 1 is 1.38 bits per heavy atom. The van der Waals surface area contributed by atoms with E-state index in [2.05, 4.69) is 9.97 Å². The third-order valence-corrected chi connectivity index (χ3v) is 2.34. The van der Waals surface area contributed by atoms with Crippen molar-refractivity contribution in [2.24, 2.45) is 0 Å². The lowest BCUT2D eigenvalue weighted by Gasteiger charge is -1.94. The summed E-state index contributed by atoms with van der Waals surface area (Å²) in [6.45, 7) is 3.33. The second-order valence-electron chi connectivity index (χ2n) is 3.66. The first-order valence-electron chi connectivity index (χ1n) is 5.01. The predicted octanol–water partition coefficient (Wildman–Crippen LogP) is 2.17. The number of furan rings is 1. The molecule has 0 atom stereocenters. The van der Waals surface area contributed by atoms with Crippen LogP contribution in [0.25, 0.3) is 0 Å². The van der Waals surface area contributed by atoms with Crippen LogP contribution in [0.2, 0.25) is 0 Å². The van der Waals surface area contributed by atoms with Gasteiger partial charge in [-0.1, -0.05) is 0 Å². The highest BCUT2D eigenvalue weighted by molar-refractivity contribution is 5.95. The summed E-state index contributed by atoms with van der Waals surface area (Å²) in [6, 6.07) is 1.78. The Kier molecular flexibility index (Phi) is 2.81. The fourth-order valence-corrected chi connectivity index (χ4v) is 1.60. The first-order valence-corrected chi connectivity index (χ1v) is 5.01. The molecule has 0 spiro atoms. The van der Waals surface area contributed by atoms with Crippen LogP contribution in [0, 0.1) is 6.92 Å². The van der Waals surface area contributed by atoms with Crippen LogP contribution in [-0.2, 0) is 6.42 Å². The molecule has 0 unspecified atom stereocenters. The van der Waals surface area contributed by atoms with E-state index in [0.717, 1.165) is 11.3 Å². The van der Waals surface area contributed by atoms with E-state index in [1.54, 1.807) is 25.4 Å². The van der Waals surface area contributed by atoms with Crippen molar-refractivity contribution in [1.29, 1.82) is 0 Å². The molecule has 2 aromatic rings. The molecule has 2 rings (SSSR count). The lowest BCUT2D eigenvalue weighted by Crippen LogP contribution is -1.91. The first-order chi connectivity index (χ1) is 7.66. The van der Waals surface area contributed by atoms with Gasteiger partial charge in [0.05, 0.1) is 5.56 Å². The molecule has 0 fully saturated rings. The van der Waals surface area contributed by atoms with Gasteiger partial charge in [0, 0.05) is 18.8 Å². The zero-order chi connectivity index (χ0) is 11.5. The molecule has 4 nitrogen and oxygen atoms in total. The van der Waals surface area contributed by atoms with Gasteiger partial charge in [0.1, 0.15) is 17.8 Å². The number of rotatable bonds is 3. The second-order valence-corrected chi connectivity index (χ2v) is 3.66. The summed E-state index contributed by atoms with van der Waals surface area (Å²) in [5, 5.41) is 0. The van der Waals surface area contributed by atoms with E-state index in [0.29, 0.717) is 17.7 Å². The number of carbonyl (C=O) groups is 1. The Morgan fingerprint density at radius 2 is 2.06 bits per heavy atom. The number of carbonyl (C=O) groups excluding carboxylic acids is 1. The van der Waals surface area contributed by atoms with Crippen LogP contribution in [0.1, 0.15) is 34.4 Å². The van der Waals surface area contributed by atoms with Crippen molar-refractivity contribution >= 4 is 5.78 Å². The molecule has 2 heterocycles. The Labute approximate surface area is 93.3 Å². The number of hydrogen-bond acceptors (Lipinski definition) is 4. The quantitative estimate of drug-likeness (QED) is 0.738. The van der Waals surface area contributed by atoms with Gasteiger partial charge in [-0.15, -0.1) is 0 Å². The molecular weight excluding hydrogens is 204 g/mol. The van der Waals surface area contributed by atoms with E-state index in [9.17, 15) is 4.79 Å². The minimum atomic E-state index is 0.0248. The summed E-state index contributed by atoms with van der Waals surface area (Å²) >= 11 is 0. The highest BCUT2D eigenvalue weighted by atomic mass is 16.3. The molecule has 82 valence electrons. The molecule has 0 N–H and O–H groups in total. The van der Waals surface area contributed by atoms with Crippen molar-refractivity contribution in [3.8, 4) is 0 Å². The van der Waals surface area contributed by atoms with Crippen LogP contribution in [0.4, 0.5) is 0 Å². The molecule has 0 aliphatic carbocycles. The third-order valence-electron chi connectivity index (χ3n) is 2.34. The van der Waals surface area contributed by atoms with Crippen LogP contribution in [-0.4, -0.2) is 15.8 Å². The molecule has 0 saturated heterocycles. The lowest BCUT2D eigenvalue weighted by atomic mass is 10.1. The lowest BCUT2D eigenvalue weighted by molar-refractivity contribution is 0.101. The summed E-state index contributed by atoms with van der Waals surface area (Å²) in [6.07, 6.45) is 5.56. The van der Waals surface area contributed by atoms with E-state index in [1.165, 1.54) is 13.3 Å². The van der Waals surface area contributed by atoms with E-state index in [4.69, 9.17) is 4.42 Å². The summed E-state index contributed by atoms with van der Waals surface area (Å²) in [5.41, 5.74) is 1.61. The van der Waals surface area contributed by atoms with Gasteiger partial charge in [-0.2, -0.15) is 0 Å². The van der Waals surface area contributed by atoms with Crippen LogP contribution in [0.3, 0.4) is 0 Å². The maximum Gasteiger partial charge on any atom is 0.163 e. The fourth-order valence-electron chi connectivity index (χ4n) is 1.60. The summed E-state index contributed by atoms with van der Waals surface area (Å²) < 4.78 is 5.50. The number of Topliss-reactive ketones (excluding diaryl/α,β-unsaturated/α-hetero) is 1. The van der Waals surface area contributed by atoms with Crippen molar-refractivity contribution in [3.63, 3.8) is 0 Å². The van der Waals surface area contributed by atoms with Crippen molar-refractivity contribution in [1.82, 2.24) is 9.97 Å². The number of aromatic nitrogens is 2. The van der Waals surface area contributed by atoms with Gasteiger partial charge in [0.2, 0.25) is 0 Å². The zero-order valence-corrected chi connectivity index (χ0v) is 9.23. The first kappa shape index (κ1) is 10.5. The molecule has 0 bridgehead atoms. The minimum Gasteiger partial charge on any atom is -0.465 e. The second kappa shape index (κ2) is 4.26. The standard InChI is InChI=1S/C12H12N2O2/c1-8(15)12-4-11(16-9(12)2)3-10-5-13-7-14-6-10/h4-7H,3H2,1-2H3. The number of nitrogens with zero attached hydrogens (tertiary/aromatic N) is 2. The molecule has 16 heavy (non-hydrogen) atoms. The molecule has 0 amide bonds. The van der Waals surface area contributed by atoms with Crippen LogP contribution in [0.5, 0.6) is 0 Å². The van der Waals surface area contributed by atoms with Gasteiger partial charge in [-0.05, 0) is 25.5 Å². The van der Waals surface area contributed by atoms with Crippen molar-refractivity contribution in [2.45, 2.75) is 20.3 Å². The van der Waals surface area contributed by atoms with E-state index >= 15 is 0 Å². The molecule has 0 aliphatic heterocycles. The Hall–Kier alpha value is -1.97. The van der Waals surface area contributed by atoms with Gasteiger partial charge < -0.3 is 4.42 Å². The van der Waals surface area contributed by atoms with Gasteiger partial charge >= 0.3 is 0 Å². The Balaban J connectivity index is 2.23. The van der Waals surface area contributed by atoms with Crippen LogP contribution in [0.15, 0.2) is 29.2 Å². The largest absolute Gasteiger partial charge is 0.465 e. The van der Waals surface area contributed by atoms with E-state index in [-0.39, 0.29) is 5.78 Å². The maximum absolute atomic E-state index is 11.2. The highest BCUT2D eigenvalue weighted by Crippen LogP contribution is 2.17. The normalized spacial score (nSPS) is 10.4. The summed E-state index contributed by atoms with van der Waals surface area (Å²) in [7, 11) is 0. The Bertz CT molecular complexity index is 503. The van der Waals surface area contributed by atoms with Crippen molar-refractivity contribution in [2.75, 3.05) is 0 Å². The maximum atomic E-state index is 11.2. The number of ketones is 1. The van der Waals surface area contributed by atoms with E-state index < -0.39 is 0 Å². The highest BCUT2D eigenvalue weighted by Gasteiger charge is 2.11. The van der Waals surface area contributed by atoms with Gasteiger partial charge in [0.15, 0.2) is 5.78 Å². The van der Waals surface area contributed by atoms with Crippen LogP contribution >= 0.6 is 0 Å². The van der Waals surface area contributed by atoms with Gasteiger partial charge in [-0.3, -0.25) is 4.79 Å². The molecule has 0 aromatic carbocycles. The monoisotopic (exact) mass is 216 g/mol. The molecule has 0 aliphatic rings. The minimum absolute atomic E-state index is 0.0248. The summed E-state index contributed by atoms with van der Waals surface area (Å²) in [4.78, 5) is 19.1. The molecule has 0 radical (unpaired) electrons. The van der Waals surface area contributed by atoms with Crippen LogP contribution < -0.4 is 0 Å². The fraction of sp³-hybridized carbons (Fsp3) is 0.250. The molecule has 2 aromatic heterocycles. The number of hydrogen-bond donors (Lipinski definition) is 0. The topological polar surface area (TPSA) is 56.0 Å².